The van der Waals surface area contributed by atoms with Crippen LogP contribution >= 0.6 is 12.2 Å². The summed E-state index contributed by atoms with van der Waals surface area (Å²) >= 11 is 5.58. The summed E-state index contributed by atoms with van der Waals surface area (Å²) in [6, 6.07) is 4.59. The van der Waals surface area contributed by atoms with Crippen LogP contribution in [0.25, 0.3) is 11.4 Å². The maximum Gasteiger partial charge on any atom is 0.199 e. The molecule has 1 aliphatic heterocycles. The van der Waals surface area contributed by atoms with E-state index in [2.05, 4.69) is 16.8 Å². The lowest BCUT2D eigenvalue weighted by molar-refractivity contribution is 0.100. The average molecular weight is 317 g/mol. The molecular formula is C16H23N5S. The highest BCUT2D eigenvalue weighted by atomic mass is 32.1. The van der Waals surface area contributed by atoms with Crippen molar-refractivity contribution in [2.75, 3.05) is 6.54 Å². The lowest BCUT2D eigenvalue weighted by atomic mass is 10.0. The van der Waals surface area contributed by atoms with Gasteiger partial charge in [0, 0.05) is 37.6 Å². The first kappa shape index (κ1) is 15.4. The Balaban J connectivity index is 1.87. The van der Waals surface area contributed by atoms with E-state index in [1.54, 1.807) is 12.4 Å². The van der Waals surface area contributed by atoms with Gasteiger partial charge in [-0.15, -0.1) is 0 Å². The molecule has 0 spiro atoms. The van der Waals surface area contributed by atoms with Gasteiger partial charge in [-0.25, -0.2) is 4.68 Å². The van der Waals surface area contributed by atoms with Crippen LogP contribution in [-0.4, -0.2) is 36.8 Å². The fourth-order valence-electron chi connectivity index (χ4n) is 3.21. The predicted molar refractivity (Wildman–Crippen MR) is 89.9 cm³/mol. The number of hydrogen-bond donors (Lipinski definition) is 0. The second kappa shape index (κ2) is 6.71. The summed E-state index contributed by atoms with van der Waals surface area (Å²) in [6.45, 7) is 4.20. The third-order valence-electron chi connectivity index (χ3n) is 4.52. The molecule has 0 amide bonds. The van der Waals surface area contributed by atoms with Crippen molar-refractivity contribution in [3.63, 3.8) is 0 Å². The highest BCUT2D eigenvalue weighted by Gasteiger charge is 2.22. The quantitative estimate of drug-likeness (QED) is 0.812. The second-order valence-electron chi connectivity index (χ2n) is 5.91. The molecule has 5 nitrogen and oxygen atoms in total. The van der Waals surface area contributed by atoms with Gasteiger partial charge < -0.3 is 4.57 Å². The third kappa shape index (κ3) is 2.98. The van der Waals surface area contributed by atoms with E-state index in [9.17, 15) is 0 Å². The standard InChI is InChI=1S/C16H23N5S/c1-3-14-6-4-5-11-20(14)12-21-16(22)19(2)15(18-21)13-7-9-17-10-8-13/h7-10,14H,3-6,11-12H2,1-2H3/t14-/m1/s1. The zero-order valence-electron chi connectivity index (χ0n) is 13.3. The van der Waals surface area contributed by atoms with Gasteiger partial charge in [-0.05, 0) is 43.6 Å². The van der Waals surface area contributed by atoms with E-state index in [4.69, 9.17) is 17.3 Å². The van der Waals surface area contributed by atoms with Gasteiger partial charge in [-0.1, -0.05) is 13.3 Å². The zero-order valence-corrected chi connectivity index (χ0v) is 14.1. The Morgan fingerprint density at radius 2 is 2.05 bits per heavy atom. The predicted octanol–water partition coefficient (Wildman–Crippen LogP) is 3.24. The Morgan fingerprint density at radius 1 is 1.27 bits per heavy atom. The smallest absolute Gasteiger partial charge is 0.199 e. The van der Waals surface area contributed by atoms with Crippen LogP contribution in [0, 0.1) is 4.77 Å². The molecule has 0 saturated carbocycles. The second-order valence-corrected chi connectivity index (χ2v) is 6.28. The first-order chi connectivity index (χ1) is 10.7. The van der Waals surface area contributed by atoms with Crippen LogP contribution in [0.4, 0.5) is 0 Å². The number of rotatable bonds is 4. The minimum atomic E-state index is 0.655. The summed E-state index contributed by atoms with van der Waals surface area (Å²) in [5.74, 6) is 0.900. The van der Waals surface area contributed by atoms with Gasteiger partial charge in [0.2, 0.25) is 0 Å². The zero-order chi connectivity index (χ0) is 15.5. The molecule has 3 heterocycles. The molecule has 3 rings (SSSR count). The fraction of sp³-hybridized carbons (Fsp3) is 0.562. The monoisotopic (exact) mass is 317 g/mol. The molecule has 0 unspecified atom stereocenters. The van der Waals surface area contributed by atoms with Crippen LogP contribution in [0.1, 0.15) is 32.6 Å². The molecule has 22 heavy (non-hydrogen) atoms. The minimum Gasteiger partial charge on any atom is -0.303 e. The summed E-state index contributed by atoms with van der Waals surface area (Å²) in [4.78, 5) is 6.58. The Bertz CT molecular complexity index is 676. The van der Waals surface area contributed by atoms with Crippen molar-refractivity contribution < 1.29 is 0 Å². The van der Waals surface area contributed by atoms with Crippen molar-refractivity contribution in [2.45, 2.75) is 45.3 Å². The molecule has 1 aliphatic rings. The van der Waals surface area contributed by atoms with Gasteiger partial charge in [0.05, 0.1) is 6.67 Å². The first-order valence-corrected chi connectivity index (χ1v) is 8.39. The van der Waals surface area contributed by atoms with E-state index in [-0.39, 0.29) is 0 Å². The Kier molecular flexibility index (Phi) is 4.69. The number of piperidine rings is 1. The molecule has 1 fully saturated rings. The normalized spacial score (nSPS) is 19.5. The van der Waals surface area contributed by atoms with Crippen LogP contribution in [0.2, 0.25) is 0 Å². The van der Waals surface area contributed by atoms with Crippen molar-refractivity contribution in [3.05, 3.63) is 29.3 Å². The SMILES string of the molecule is CC[C@@H]1CCCCN1Cn1nc(-c2ccncc2)n(C)c1=S. The summed E-state index contributed by atoms with van der Waals surface area (Å²) in [5.41, 5.74) is 1.05. The maximum atomic E-state index is 5.58. The average Bonchev–Trinajstić information content (AvgIpc) is 2.85. The molecule has 0 radical (unpaired) electrons. The fourth-order valence-corrected chi connectivity index (χ4v) is 3.40. The molecule has 2 aromatic rings. The van der Waals surface area contributed by atoms with Crippen LogP contribution in [-0.2, 0) is 13.7 Å². The molecule has 1 atom stereocenters. The van der Waals surface area contributed by atoms with Crippen molar-refractivity contribution in [1.29, 1.82) is 0 Å². The van der Waals surface area contributed by atoms with Gasteiger partial charge in [-0.2, -0.15) is 5.10 Å². The summed E-state index contributed by atoms with van der Waals surface area (Å²) in [6.07, 6.45) is 8.66. The highest BCUT2D eigenvalue weighted by Crippen LogP contribution is 2.21. The summed E-state index contributed by atoms with van der Waals surface area (Å²) in [5, 5.41) is 4.75. The van der Waals surface area contributed by atoms with Crippen LogP contribution in [0.5, 0.6) is 0 Å². The van der Waals surface area contributed by atoms with Crippen molar-refractivity contribution in [1.82, 2.24) is 24.2 Å². The van der Waals surface area contributed by atoms with Gasteiger partial charge >= 0.3 is 0 Å². The number of nitrogens with zero attached hydrogens (tertiary/aromatic N) is 5. The van der Waals surface area contributed by atoms with E-state index in [0.29, 0.717) is 6.04 Å². The van der Waals surface area contributed by atoms with Crippen molar-refractivity contribution in [3.8, 4) is 11.4 Å². The largest absolute Gasteiger partial charge is 0.303 e. The Labute approximate surface area is 136 Å². The molecule has 6 heteroatoms. The highest BCUT2D eigenvalue weighted by molar-refractivity contribution is 7.71. The lowest BCUT2D eigenvalue weighted by Crippen LogP contribution is -2.40. The van der Waals surface area contributed by atoms with Crippen LogP contribution in [0.15, 0.2) is 24.5 Å². The van der Waals surface area contributed by atoms with E-state index in [0.717, 1.165) is 29.4 Å². The number of hydrogen-bond acceptors (Lipinski definition) is 4. The molecular weight excluding hydrogens is 294 g/mol. The van der Waals surface area contributed by atoms with Gasteiger partial charge in [0.25, 0.3) is 0 Å². The van der Waals surface area contributed by atoms with Gasteiger partial charge in [0.1, 0.15) is 0 Å². The first-order valence-electron chi connectivity index (χ1n) is 7.99. The molecule has 0 bridgehead atoms. The van der Waals surface area contributed by atoms with E-state index < -0.39 is 0 Å². The molecule has 0 aromatic carbocycles. The molecule has 118 valence electrons. The number of aromatic nitrogens is 4. The Hall–Kier alpha value is -1.53. The van der Waals surface area contributed by atoms with Gasteiger partial charge in [-0.3, -0.25) is 9.88 Å². The van der Waals surface area contributed by atoms with E-state index in [1.807, 2.05) is 28.4 Å². The van der Waals surface area contributed by atoms with E-state index >= 15 is 0 Å². The van der Waals surface area contributed by atoms with Crippen molar-refractivity contribution in [2.24, 2.45) is 7.05 Å². The molecule has 1 saturated heterocycles. The van der Waals surface area contributed by atoms with Crippen LogP contribution < -0.4 is 0 Å². The molecule has 0 N–H and O–H groups in total. The molecule has 2 aromatic heterocycles. The minimum absolute atomic E-state index is 0.655. The number of likely N-dealkylation sites (tertiary alicyclic amines) is 1. The topological polar surface area (TPSA) is 38.9 Å². The lowest BCUT2D eigenvalue weighted by Gasteiger charge is -2.34. The van der Waals surface area contributed by atoms with E-state index in [1.165, 1.54) is 25.7 Å². The van der Waals surface area contributed by atoms with Gasteiger partial charge in [0.15, 0.2) is 10.6 Å². The Morgan fingerprint density at radius 3 is 2.77 bits per heavy atom. The molecule has 0 aliphatic carbocycles. The maximum absolute atomic E-state index is 5.58. The van der Waals surface area contributed by atoms with Crippen molar-refractivity contribution >= 4 is 12.2 Å². The number of pyridine rings is 1. The van der Waals surface area contributed by atoms with Crippen LogP contribution in [0.3, 0.4) is 0 Å². The summed E-state index contributed by atoms with van der Waals surface area (Å²) < 4.78 is 4.71. The summed E-state index contributed by atoms with van der Waals surface area (Å²) in [7, 11) is 1.98. The third-order valence-corrected chi connectivity index (χ3v) is 5.00.